The lowest BCUT2D eigenvalue weighted by Gasteiger charge is -2.17. The molecule has 1 atom stereocenters. The topological polar surface area (TPSA) is 113 Å². The molecule has 8 heteroatoms. The van der Waals surface area contributed by atoms with Gasteiger partial charge < -0.3 is 10.4 Å². The minimum atomic E-state index is -1.22. The van der Waals surface area contributed by atoms with E-state index in [0.717, 1.165) is 0 Å². The molecular weight excluding hydrogens is 272 g/mol. The van der Waals surface area contributed by atoms with E-state index >= 15 is 0 Å². The number of hydrogen-bond donors (Lipinski definition) is 3. The van der Waals surface area contributed by atoms with Gasteiger partial charge >= 0.3 is 12.0 Å². The molecule has 1 unspecified atom stereocenters. The Morgan fingerprint density at radius 3 is 2.32 bits per heavy atom. The predicted molar refractivity (Wildman–Crippen MR) is 71.1 cm³/mol. The van der Waals surface area contributed by atoms with Crippen LogP contribution in [0, 0.1) is 5.41 Å². The van der Waals surface area contributed by atoms with Crippen LogP contribution in [0.5, 0.6) is 0 Å². The zero-order chi connectivity index (χ0) is 15.1. The Morgan fingerprint density at radius 2 is 1.84 bits per heavy atom. The summed E-state index contributed by atoms with van der Waals surface area (Å²) in [5.74, 6) is -1.28. The molecule has 0 bridgehead atoms. The van der Waals surface area contributed by atoms with Gasteiger partial charge in [-0.2, -0.15) is 0 Å². The van der Waals surface area contributed by atoms with E-state index in [1.54, 1.807) is 6.26 Å². The van der Waals surface area contributed by atoms with Gasteiger partial charge in [-0.3, -0.25) is 19.1 Å². The van der Waals surface area contributed by atoms with Gasteiger partial charge in [-0.25, -0.2) is 4.79 Å². The standard InChI is InChI=1S/C11H20N2O5S/c1-11(2,9(15)16)7-8(14)13-10(17)12-5-4-6-19(3)18/h4-7H2,1-3H3,(H,15,16)(H2,12,13,14,17). The number of carboxylic acid groups (broad SMARTS) is 1. The van der Waals surface area contributed by atoms with Crippen molar-refractivity contribution in [3.05, 3.63) is 0 Å². The van der Waals surface area contributed by atoms with Crippen LogP contribution in [0.25, 0.3) is 0 Å². The number of nitrogens with one attached hydrogen (secondary N) is 2. The van der Waals surface area contributed by atoms with Crippen LogP contribution in [0.4, 0.5) is 4.79 Å². The molecule has 0 aromatic heterocycles. The van der Waals surface area contributed by atoms with Crippen LogP contribution in [0.3, 0.4) is 0 Å². The van der Waals surface area contributed by atoms with Gasteiger partial charge in [0.25, 0.3) is 0 Å². The van der Waals surface area contributed by atoms with Crippen molar-refractivity contribution in [2.24, 2.45) is 5.41 Å². The first-order valence-electron chi connectivity index (χ1n) is 5.76. The zero-order valence-electron chi connectivity index (χ0n) is 11.3. The van der Waals surface area contributed by atoms with Gasteiger partial charge in [-0.1, -0.05) is 0 Å². The van der Waals surface area contributed by atoms with E-state index in [1.807, 2.05) is 0 Å². The second kappa shape index (κ2) is 7.88. The number of hydrogen-bond acceptors (Lipinski definition) is 4. The number of amides is 3. The third-order valence-corrected chi connectivity index (χ3v) is 3.19. The summed E-state index contributed by atoms with van der Waals surface area (Å²) in [5, 5.41) is 13.3. The smallest absolute Gasteiger partial charge is 0.321 e. The van der Waals surface area contributed by atoms with Crippen LogP contribution >= 0.6 is 0 Å². The van der Waals surface area contributed by atoms with Gasteiger partial charge in [0.15, 0.2) is 0 Å². The molecular formula is C11H20N2O5S. The van der Waals surface area contributed by atoms with Crippen LogP contribution in [0.2, 0.25) is 0 Å². The number of rotatable bonds is 7. The summed E-state index contributed by atoms with van der Waals surface area (Å²) in [6.45, 7) is 3.12. The quantitative estimate of drug-likeness (QED) is 0.575. The molecule has 19 heavy (non-hydrogen) atoms. The van der Waals surface area contributed by atoms with Crippen molar-refractivity contribution in [2.75, 3.05) is 18.6 Å². The highest BCUT2D eigenvalue weighted by atomic mass is 32.2. The molecule has 0 radical (unpaired) electrons. The van der Waals surface area contributed by atoms with E-state index in [2.05, 4.69) is 10.6 Å². The van der Waals surface area contributed by atoms with Crippen LogP contribution in [0.1, 0.15) is 26.7 Å². The van der Waals surface area contributed by atoms with Crippen molar-refractivity contribution in [3.63, 3.8) is 0 Å². The fraction of sp³-hybridized carbons (Fsp3) is 0.727. The lowest BCUT2D eigenvalue weighted by molar-refractivity contribution is -0.149. The average molecular weight is 292 g/mol. The molecule has 7 nitrogen and oxygen atoms in total. The molecule has 3 amide bonds. The Labute approximate surface area is 114 Å². The first-order chi connectivity index (χ1) is 8.65. The van der Waals surface area contributed by atoms with Gasteiger partial charge in [0.05, 0.1) is 5.41 Å². The van der Waals surface area contributed by atoms with E-state index in [9.17, 15) is 18.6 Å². The molecule has 0 aliphatic heterocycles. The molecule has 3 N–H and O–H groups in total. The monoisotopic (exact) mass is 292 g/mol. The number of carbonyl (C=O) groups is 3. The highest BCUT2D eigenvalue weighted by Gasteiger charge is 2.30. The third kappa shape index (κ3) is 8.30. The minimum Gasteiger partial charge on any atom is -0.481 e. The molecule has 0 spiro atoms. The summed E-state index contributed by atoms with van der Waals surface area (Å²) >= 11 is 0. The Kier molecular flexibility index (Phi) is 7.28. The van der Waals surface area contributed by atoms with E-state index in [-0.39, 0.29) is 6.42 Å². The summed E-state index contributed by atoms with van der Waals surface area (Å²) < 4.78 is 10.8. The normalized spacial score (nSPS) is 12.6. The average Bonchev–Trinajstić information content (AvgIpc) is 2.22. The van der Waals surface area contributed by atoms with Crippen LogP contribution in [-0.4, -0.2) is 45.8 Å². The maximum atomic E-state index is 11.4. The Morgan fingerprint density at radius 1 is 1.26 bits per heavy atom. The van der Waals surface area contributed by atoms with E-state index < -0.39 is 34.1 Å². The summed E-state index contributed by atoms with van der Waals surface area (Å²) in [7, 11) is -0.914. The van der Waals surface area contributed by atoms with Gasteiger partial charge in [0, 0.05) is 35.8 Å². The number of urea groups is 1. The summed E-state index contributed by atoms with van der Waals surface area (Å²) in [6.07, 6.45) is 1.83. The first-order valence-corrected chi connectivity index (χ1v) is 7.49. The Bertz CT molecular complexity index is 381. The van der Waals surface area contributed by atoms with Crippen molar-refractivity contribution in [1.29, 1.82) is 0 Å². The molecule has 0 aliphatic rings. The van der Waals surface area contributed by atoms with Gasteiger partial charge in [0.2, 0.25) is 5.91 Å². The molecule has 0 aliphatic carbocycles. The molecule has 0 aromatic carbocycles. The van der Waals surface area contributed by atoms with E-state index in [4.69, 9.17) is 5.11 Å². The van der Waals surface area contributed by atoms with Crippen LogP contribution < -0.4 is 10.6 Å². The zero-order valence-corrected chi connectivity index (χ0v) is 12.1. The van der Waals surface area contributed by atoms with Crippen LogP contribution in [-0.2, 0) is 20.4 Å². The maximum absolute atomic E-state index is 11.4. The van der Waals surface area contributed by atoms with Crippen molar-refractivity contribution in [2.45, 2.75) is 26.7 Å². The van der Waals surface area contributed by atoms with E-state index in [1.165, 1.54) is 13.8 Å². The van der Waals surface area contributed by atoms with Gasteiger partial charge in [0.1, 0.15) is 0 Å². The molecule has 110 valence electrons. The number of aliphatic carboxylic acids is 1. The minimum absolute atomic E-state index is 0.283. The predicted octanol–water partition coefficient (Wildman–Crippen LogP) is 0.0817. The second-order valence-electron chi connectivity index (χ2n) is 4.80. The molecule has 0 saturated heterocycles. The van der Waals surface area contributed by atoms with Gasteiger partial charge in [-0.15, -0.1) is 0 Å². The maximum Gasteiger partial charge on any atom is 0.321 e. The first kappa shape index (κ1) is 17.6. The molecule has 0 saturated carbocycles. The van der Waals surface area contributed by atoms with Crippen molar-refractivity contribution < 1.29 is 23.7 Å². The summed E-state index contributed by atoms with van der Waals surface area (Å²) in [6, 6.07) is -0.673. The number of imide groups is 1. The van der Waals surface area contributed by atoms with Gasteiger partial charge in [-0.05, 0) is 20.3 Å². The van der Waals surface area contributed by atoms with Crippen molar-refractivity contribution >= 4 is 28.7 Å². The van der Waals surface area contributed by atoms with Crippen LogP contribution in [0.15, 0.2) is 0 Å². The fourth-order valence-electron chi connectivity index (χ4n) is 1.17. The SMILES string of the molecule is CS(=O)CCCNC(=O)NC(=O)CC(C)(C)C(=O)O. The highest BCUT2D eigenvalue weighted by molar-refractivity contribution is 7.84. The lowest BCUT2D eigenvalue weighted by Crippen LogP contribution is -2.42. The number of carboxylic acids is 1. The Balaban J connectivity index is 3.97. The molecule has 0 rings (SSSR count). The van der Waals surface area contributed by atoms with E-state index in [0.29, 0.717) is 18.7 Å². The molecule has 0 heterocycles. The Hall–Kier alpha value is -1.44. The van der Waals surface area contributed by atoms with Crippen molar-refractivity contribution in [3.8, 4) is 0 Å². The summed E-state index contributed by atoms with van der Waals surface area (Å²) in [4.78, 5) is 33.5. The fourth-order valence-corrected chi connectivity index (χ4v) is 1.72. The largest absolute Gasteiger partial charge is 0.481 e. The highest BCUT2D eigenvalue weighted by Crippen LogP contribution is 2.19. The lowest BCUT2D eigenvalue weighted by atomic mass is 9.89. The molecule has 0 aromatic rings. The third-order valence-electron chi connectivity index (χ3n) is 2.33. The van der Waals surface area contributed by atoms with Crippen molar-refractivity contribution in [1.82, 2.24) is 10.6 Å². The number of carbonyl (C=O) groups excluding carboxylic acids is 2. The molecule has 0 fully saturated rings. The second-order valence-corrected chi connectivity index (χ2v) is 6.36. The summed E-state index contributed by atoms with van der Waals surface area (Å²) in [5.41, 5.74) is -1.22.